The van der Waals surface area contributed by atoms with E-state index in [0.717, 1.165) is 16.5 Å². The van der Waals surface area contributed by atoms with Gasteiger partial charge in [0.25, 0.3) is 11.8 Å². The fraction of sp³-hybridized carbons (Fsp3) is 0.263. The molecule has 0 spiro atoms. The van der Waals surface area contributed by atoms with Gasteiger partial charge in [0.1, 0.15) is 11.5 Å². The lowest BCUT2D eigenvalue weighted by Crippen LogP contribution is -2.44. The van der Waals surface area contributed by atoms with Crippen molar-refractivity contribution in [1.82, 2.24) is 10.9 Å². The quantitative estimate of drug-likeness (QED) is 0.673. The van der Waals surface area contributed by atoms with Crippen molar-refractivity contribution < 1.29 is 19.1 Å². The molecule has 26 heavy (non-hydrogen) atoms. The minimum absolute atomic E-state index is 0.207. The minimum Gasteiger partial charge on any atom is -0.493 e. The van der Waals surface area contributed by atoms with Crippen molar-refractivity contribution >= 4 is 27.7 Å². The summed E-state index contributed by atoms with van der Waals surface area (Å²) in [4.78, 5) is 24.2. The molecule has 2 aromatic carbocycles. The van der Waals surface area contributed by atoms with E-state index in [4.69, 9.17) is 9.47 Å². The lowest BCUT2D eigenvalue weighted by molar-refractivity contribution is -0.123. The van der Waals surface area contributed by atoms with Crippen LogP contribution in [0.1, 0.15) is 29.3 Å². The maximum absolute atomic E-state index is 12.3. The number of hydrogen-bond donors (Lipinski definition) is 2. The third-order valence-corrected chi connectivity index (χ3v) is 3.85. The monoisotopic (exact) mass is 420 g/mol. The number of carbonyl (C=O) groups is 2. The second-order valence-corrected chi connectivity index (χ2v) is 6.51. The van der Waals surface area contributed by atoms with Crippen molar-refractivity contribution in [3.05, 3.63) is 58.1 Å². The van der Waals surface area contributed by atoms with Gasteiger partial charge in [0, 0.05) is 4.47 Å². The average molecular weight is 421 g/mol. The molecule has 0 radical (unpaired) electrons. The predicted molar refractivity (Wildman–Crippen MR) is 102 cm³/mol. The van der Waals surface area contributed by atoms with Gasteiger partial charge >= 0.3 is 0 Å². The van der Waals surface area contributed by atoms with Gasteiger partial charge in [0.15, 0.2) is 6.61 Å². The molecule has 2 N–H and O–H groups in total. The normalized spacial score (nSPS) is 10.1. The first-order valence-corrected chi connectivity index (χ1v) is 9.00. The van der Waals surface area contributed by atoms with Crippen molar-refractivity contribution in [1.29, 1.82) is 0 Å². The van der Waals surface area contributed by atoms with E-state index < -0.39 is 11.8 Å². The van der Waals surface area contributed by atoms with Gasteiger partial charge in [-0.2, -0.15) is 0 Å². The van der Waals surface area contributed by atoms with Gasteiger partial charge < -0.3 is 9.47 Å². The highest BCUT2D eigenvalue weighted by molar-refractivity contribution is 9.10. The summed E-state index contributed by atoms with van der Waals surface area (Å²) in [6, 6.07) is 12.5. The van der Waals surface area contributed by atoms with Gasteiger partial charge in [-0.25, -0.2) is 0 Å². The van der Waals surface area contributed by atoms with Crippen LogP contribution >= 0.6 is 15.9 Å². The summed E-state index contributed by atoms with van der Waals surface area (Å²) in [7, 11) is 0. The number of amides is 2. The lowest BCUT2D eigenvalue weighted by Gasteiger charge is -2.12. The molecule has 0 atom stereocenters. The molecule has 0 saturated carbocycles. The standard InChI is InChI=1S/C19H21BrN2O4/c1-3-10-25-17-9-6-14(20)11-16(17)19(24)22-21-18(23)12-26-15-7-4-13(2)5-8-15/h4-9,11H,3,10,12H2,1-2H3,(H,21,23)(H,22,24). The lowest BCUT2D eigenvalue weighted by atomic mass is 10.2. The molecular weight excluding hydrogens is 400 g/mol. The van der Waals surface area contributed by atoms with Gasteiger partial charge in [-0.3, -0.25) is 20.4 Å². The molecule has 138 valence electrons. The van der Waals surface area contributed by atoms with Crippen LogP contribution in [-0.4, -0.2) is 25.0 Å². The summed E-state index contributed by atoms with van der Waals surface area (Å²) in [5, 5.41) is 0. The number of hydrazine groups is 1. The number of carbonyl (C=O) groups excluding carboxylic acids is 2. The molecule has 0 aliphatic heterocycles. The Morgan fingerprint density at radius 1 is 1.04 bits per heavy atom. The summed E-state index contributed by atoms with van der Waals surface area (Å²) >= 11 is 3.33. The molecule has 0 unspecified atom stereocenters. The van der Waals surface area contributed by atoms with Crippen molar-refractivity contribution in [2.24, 2.45) is 0 Å². The summed E-state index contributed by atoms with van der Waals surface area (Å²) in [5.74, 6) is 0.100. The Balaban J connectivity index is 1.88. The van der Waals surface area contributed by atoms with E-state index in [9.17, 15) is 9.59 Å². The van der Waals surface area contributed by atoms with E-state index in [1.54, 1.807) is 30.3 Å². The van der Waals surface area contributed by atoms with Crippen LogP contribution in [0.2, 0.25) is 0 Å². The van der Waals surface area contributed by atoms with Gasteiger partial charge in [-0.05, 0) is 43.7 Å². The molecule has 0 bridgehead atoms. The zero-order valence-electron chi connectivity index (χ0n) is 14.7. The highest BCUT2D eigenvalue weighted by Gasteiger charge is 2.14. The molecule has 0 aliphatic carbocycles. The predicted octanol–water partition coefficient (Wildman–Crippen LogP) is 3.39. The maximum Gasteiger partial charge on any atom is 0.276 e. The maximum atomic E-state index is 12.3. The van der Waals surface area contributed by atoms with Crippen LogP contribution in [0.4, 0.5) is 0 Å². The Bertz CT molecular complexity index is 763. The summed E-state index contributed by atoms with van der Waals surface area (Å²) in [6.07, 6.45) is 0.824. The van der Waals surface area contributed by atoms with Crippen LogP contribution in [0.3, 0.4) is 0 Å². The number of hydrogen-bond acceptors (Lipinski definition) is 4. The van der Waals surface area contributed by atoms with Crippen LogP contribution in [0.15, 0.2) is 46.9 Å². The second-order valence-electron chi connectivity index (χ2n) is 5.59. The number of ether oxygens (including phenoxy) is 2. The third kappa shape index (κ3) is 6.07. The number of rotatable bonds is 7. The first-order valence-electron chi connectivity index (χ1n) is 8.20. The van der Waals surface area contributed by atoms with Gasteiger partial charge in [-0.1, -0.05) is 40.5 Å². The summed E-state index contributed by atoms with van der Waals surface area (Å²) in [5.41, 5.74) is 6.13. The molecule has 2 rings (SSSR count). The van der Waals surface area contributed by atoms with Gasteiger partial charge in [0.2, 0.25) is 0 Å². The fourth-order valence-electron chi connectivity index (χ4n) is 2.03. The molecule has 0 heterocycles. The molecule has 0 aliphatic rings. The Kier molecular flexibility index (Phi) is 7.47. The van der Waals surface area contributed by atoms with Crippen molar-refractivity contribution in [3.63, 3.8) is 0 Å². The Morgan fingerprint density at radius 2 is 1.77 bits per heavy atom. The van der Waals surface area contributed by atoms with Crippen LogP contribution in [-0.2, 0) is 4.79 Å². The van der Waals surface area contributed by atoms with Crippen LogP contribution < -0.4 is 20.3 Å². The molecule has 2 aromatic rings. The second kappa shape index (κ2) is 9.82. The number of aryl methyl sites for hydroxylation is 1. The fourth-order valence-corrected chi connectivity index (χ4v) is 2.39. The van der Waals surface area contributed by atoms with Crippen molar-refractivity contribution in [2.45, 2.75) is 20.3 Å². The van der Waals surface area contributed by atoms with Crippen LogP contribution in [0, 0.1) is 6.92 Å². The Labute approximate surface area is 161 Å². The number of benzene rings is 2. The number of nitrogens with one attached hydrogen (secondary N) is 2. The first-order chi connectivity index (χ1) is 12.5. The SMILES string of the molecule is CCCOc1ccc(Br)cc1C(=O)NNC(=O)COc1ccc(C)cc1. The zero-order chi connectivity index (χ0) is 18.9. The zero-order valence-corrected chi connectivity index (χ0v) is 16.3. The topological polar surface area (TPSA) is 76.7 Å². The molecule has 6 nitrogen and oxygen atoms in total. The summed E-state index contributed by atoms with van der Waals surface area (Å²) < 4.78 is 11.7. The largest absolute Gasteiger partial charge is 0.493 e. The van der Waals surface area contributed by atoms with E-state index in [1.807, 2.05) is 26.0 Å². The van der Waals surface area contributed by atoms with E-state index in [2.05, 4.69) is 26.8 Å². The molecule has 0 aromatic heterocycles. The van der Waals surface area contributed by atoms with E-state index in [0.29, 0.717) is 23.7 Å². The first kappa shape index (κ1) is 19.8. The Morgan fingerprint density at radius 3 is 2.46 bits per heavy atom. The van der Waals surface area contributed by atoms with E-state index in [1.165, 1.54) is 0 Å². The Hall–Kier alpha value is -2.54. The van der Waals surface area contributed by atoms with Crippen LogP contribution in [0.25, 0.3) is 0 Å². The highest BCUT2D eigenvalue weighted by atomic mass is 79.9. The van der Waals surface area contributed by atoms with Gasteiger partial charge in [0.05, 0.1) is 12.2 Å². The number of halogens is 1. The smallest absolute Gasteiger partial charge is 0.276 e. The average Bonchev–Trinajstić information content (AvgIpc) is 2.64. The van der Waals surface area contributed by atoms with Crippen molar-refractivity contribution in [2.75, 3.05) is 13.2 Å². The molecule has 0 saturated heterocycles. The summed E-state index contributed by atoms with van der Waals surface area (Å²) in [6.45, 7) is 4.24. The minimum atomic E-state index is -0.471. The molecule has 7 heteroatoms. The van der Waals surface area contributed by atoms with Crippen molar-refractivity contribution in [3.8, 4) is 11.5 Å². The molecular formula is C19H21BrN2O4. The van der Waals surface area contributed by atoms with Gasteiger partial charge in [-0.15, -0.1) is 0 Å². The molecule has 0 fully saturated rings. The highest BCUT2D eigenvalue weighted by Crippen LogP contribution is 2.23. The third-order valence-electron chi connectivity index (χ3n) is 3.35. The molecule has 2 amide bonds. The van der Waals surface area contributed by atoms with E-state index >= 15 is 0 Å². The van der Waals surface area contributed by atoms with Crippen LogP contribution in [0.5, 0.6) is 11.5 Å². The van der Waals surface area contributed by atoms with E-state index in [-0.39, 0.29) is 6.61 Å².